The molecular formula is C24H29ClN6. The standard InChI is InChI=1S/C24H29ClN6/c25-20-4-2-1-3-16(20)5-6-28-23-29-13-19(12-26)22(31-23)30-14-24-9-15-7-17(10-24)21(27)18(8-15)11-24/h1-4,13,15,17-18,21H,5-11,14,27H2,(H2,28,29,30,31)/t15?,17-,18+,21?,24?. The van der Waals surface area contributed by atoms with Crippen molar-refractivity contribution in [3.8, 4) is 6.07 Å². The van der Waals surface area contributed by atoms with Gasteiger partial charge in [-0.05, 0) is 73.3 Å². The van der Waals surface area contributed by atoms with Gasteiger partial charge >= 0.3 is 0 Å². The van der Waals surface area contributed by atoms with E-state index in [1.807, 2.05) is 24.3 Å². The minimum Gasteiger partial charge on any atom is -0.368 e. The predicted molar refractivity (Wildman–Crippen MR) is 123 cm³/mol. The third kappa shape index (κ3) is 4.09. The van der Waals surface area contributed by atoms with Crippen LogP contribution in [0.2, 0.25) is 5.02 Å². The number of aromatic nitrogens is 2. The van der Waals surface area contributed by atoms with Crippen LogP contribution in [0.1, 0.15) is 43.2 Å². The second kappa shape index (κ2) is 8.29. The van der Waals surface area contributed by atoms with Crippen LogP contribution < -0.4 is 16.4 Å². The molecule has 4 bridgehead atoms. The average molecular weight is 437 g/mol. The Morgan fingerprint density at radius 2 is 1.94 bits per heavy atom. The van der Waals surface area contributed by atoms with Gasteiger partial charge in [0.05, 0.1) is 6.20 Å². The fourth-order valence-corrected chi connectivity index (χ4v) is 6.64. The first kappa shape index (κ1) is 20.5. The SMILES string of the molecule is N#Cc1cnc(NCCc2ccccc2Cl)nc1NCC12CC3C[C@H](C1)C(N)[C@@H](C3)C2. The normalized spacial score (nSPS) is 30.7. The molecule has 0 aliphatic heterocycles. The van der Waals surface area contributed by atoms with E-state index < -0.39 is 0 Å². The van der Waals surface area contributed by atoms with Crippen LogP contribution in [0.5, 0.6) is 0 Å². The van der Waals surface area contributed by atoms with E-state index in [0.29, 0.717) is 47.2 Å². The molecule has 3 unspecified atom stereocenters. The molecule has 4 aliphatic rings. The largest absolute Gasteiger partial charge is 0.368 e. The average Bonchev–Trinajstić information content (AvgIpc) is 2.77. The van der Waals surface area contributed by atoms with Gasteiger partial charge in [-0.3, -0.25) is 0 Å². The number of nitrogens with two attached hydrogens (primary N) is 1. The highest BCUT2D eigenvalue weighted by molar-refractivity contribution is 6.31. The maximum absolute atomic E-state index is 9.54. The van der Waals surface area contributed by atoms with Crippen LogP contribution in [0.15, 0.2) is 30.5 Å². The molecule has 1 aromatic carbocycles. The predicted octanol–water partition coefficient (Wildman–Crippen LogP) is 4.22. The quantitative estimate of drug-likeness (QED) is 0.600. The van der Waals surface area contributed by atoms with Crippen LogP contribution in [-0.4, -0.2) is 29.1 Å². The lowest BCUT2D eigenvalue weighted by atomic mass is 9.48. The summed E-state index contributed by atoms with van der Waals surface area (Å²) in [5, 5.41) is 17.1. The number of nitrogens with one attached hydrogen (secondary N) is 2. The highest BCUT2D eigenvalue weighted by Gasteiger charge is 2.54. The van der Waals surface area contributed by atoms with Crippen LogP contribution in [0.3, 0.4) is 0 Å². The second-order valence-electron chi connectivity index (χ2n) is 9.74. The molecule has 0 saturated heterocycles. The first-order valence-electron chi connectivity index (χ1n) is 11.3. The summed E-state index contributed by atoms with van der Waals surface area (Å²) in [6, 6.07) is 10.4. The highest BCUT2D eigenvalue weighted by Crippen LogP contribution is 2.59. The third-order valence-corrected chi connectivity index (χ3v) is 8.02. The fourth-order valence-electron chi connectivity index (χ4n) is 6.41. The number of nitrogens with zero attached hydrogens (tertiary/aromatic N) is 3. The molecular weight excluding hydrogens is 408 g/mol. The lowest BCUT2D eigenvalue weighted by Crippen LogP contribution is -2.58. The topological polar surface area (TPSA) is 99.6 Å². The van der Waals surface area contributed by atoms with Crippen LogP contribution in [0, 0.1) is 34.5 Å². The van der Waals surface area contributed by atoms with E-state index in [2.05, 4.69) is 26.7 Å². The Balaban J connectivity index is 1.24. The van der Waals surface area contributed by atoms with E-state index in [4.69, 9.17) is 17.3 Å². The molecule has 5 atom stereocenters. The van der Waals surface area contributed by atoms with Crippen LogP contribution in [0.4, 0.5) is 11.8 Å². The summed E-state index contributed by atoms with van der Waals surface area (Å²) in [4.78, 5) is 8.93. The molecule has 1 heterocycles. The van der Waals surface area contributed by atoms with E-state index in [1.54, 1.807) is 6.20 Å². The van der Waals surface area contributed by atoms with E-state index in [9.17, 15) is 5.26 Å². The monoisotopic (exact) mass is 436 g/mol. The maximum atomic E-state index is 9.54. The summed E-state index contributed by atoms with van der Waals surface area (Å²) in [6.45, 7) is 1.52. The van der Waals surface area contributed by atoms with E-state index in [0.717, 1.165) is 29.5 Å². The fraction of sp³-hybridized carbons (Fsp3) is 0.542. The molecule has 4 N–H and O–H groups in total. The number of halogens is 1. The number of nitriles is 1. The van der Waals surface area contributed by atoms with E-state index in [-0.39, 0.29) is 0 Å². The molecule has 0 radical (unpaired) electrons. The molecule has 7 heteroatoms. The zero-order chi connectivity index (χ0) is 21.4. The Hall–Kier alpha value is -2.36. The Kier molecular flexibility index (Phi) is 5.49. The van der Waals surface area contributed by atoms with Crippen molar-refractivity contribution in [1.82, 2.24) is 9.97 Å². The summed E-state index contributed by atoms with van der Waals surface area (Å²) in [5.41, 5.74) is 8.36. The van der Waals surface area contributed by atoms with Gasteiger partial charge in [0.25, 0.3) is 0 Å². The Labute approximate surface area is 188 Å². The Bertz CT molecular complexity index is 986. The van der Waals surface area contributed by atoms with Crippen molar-refractivity contribution in [2.45, 2.75) is 44.6 Å². The number of rotatable bonds is 7. The lowest BCUT2D eigenvalue weighted by Gasteiger charge is -2.59. The molecule has 0 spiro atoms. The van der Waals surface area contributed by atoms with Gasteiger partial charge in [-0.15, -0.1) is 0 Å². The van der Waals surface area contributed by atoms with Gasteiger partial charge in [-0.2, -0.15) is 10.2 Å². The van der Waals surface area contributed by atoms with Gasteiger partial charge < -0.3 is 16.4 Å². The van der Waals surface area contributed by atoms with E-state index >= 15 is 0 Å². The second-order valence-corrected chi connectivity index (χ2v) is 10.1. The first-order chi connectivity index (χ1) is 15.0. The molecule has 4 fully saturated rings. The van der Waals surface area contributed by atoms with Crippen LogP contribution >= 0.6 is 11.6 Å². The Morgan fingerprint density at radius 1 is 1.16 bits per heavy atom. The van der Waals surface area contributed by atoms with Crippen LogP contribution in [-0.2, 0) is 6.42 Å². The van der Waals surface area contributed by atoms with Crippen molar-refractivity contribution in [2.75, 3.05) is 23.7 Å². The molecule has 1 aromatic heterocycles. The van der Waals surface area contributed by atoms with Crippen molar-refractivity contribution in [2.24, 2.45) is 28.9 Å². The number of hydrogen-bond donors (Lipinski definition) is 3. The summed E-state index contributed by atoms with van der Waals surface area (Å²) >= 11 is 6.24. The molecule has 6 nitrogen and oxygen atoms in total. The van der Waals surface area contributed by atoms with Crippen molar-refractivity contribution in [3.05, 3.63) is 46.6 Å². The van der Waals surface area contributed by atoms with Gasteiger partial charge in [0, 0.05) is 24.2 Å². The van der Waals surface area contributed by atoms with Gasteiger partial charge in [0.15, 0.2) is 0 Å². The van der Waals surface area contributed by atoms with Gasteiger partial charge in [-0.1, -0.05) is 29.8 Å². The Morgan fingerprint density at radius 3 is 2.68 bits per heavy atom. The third-order valence-electron chi connectivity index (χ3n) is 7.65. The van der Waals surface area contributed by atoms with Crippen LogP contribution in [0.25, 0.3) is 0 Å². The minimum absolute atomic E-state index is 0.293. The van der Waals surface area contributed by atoms with Crippen molar-refractivity contribution < 1.29 is 0 Å². The number of anilines is 2. The van der Waals surface area contributed by atoms with Crippen molar-refractivity contribution in [1.29, 1.82) is 5.26 Å². The summed E-state index contributed by atoms with van der Waals surface area (Å²) in [5.74, 6) is 3.30. The molecule has 6 rings (SSSR count). The van der Waals surface area contributed by atoms with Gasteiger partial charge in [-0.25, -0.2) is 4.98 Å². The first-order valence-corrected chi connectivity index (χ1v) is 11.7. The zero-order valence-corrected chi connectivity index (χ0v) is 18.4. The van der Waals surface area contributed by atoms with Crippen molar-refractivity contribution in [3.63, 3.8) is 0 Å². The van der Waals surface area contributed by atoms with Gasteiger partial charge in [0.2, 0.25) is 5.95 Å². The lowest BCUT2D eigenvalue weighted by molar-refractivity contribution is -0.0591. The van der Waals surface area contributed by atoms with Gasteiger partial charge in [0.1, 0.15) is 17.5 Å². The molecule has 0 amide bonds. The highest BCUT2D eigenvalue weighted by atomic mass is 35.5. The molecule has 162 valence electrons. The number of benzene rings is 1. The van der Waals surface area contributed by atoms with Crippen molar-refractivity contribution >= 4 is 23.4 Å². The molecule has 4 aliphatic carbocycles. The summed E-state index contributed by atoms with van der Waals surface area (Å²) in [7, 11) is 0. The van der Waals surface area contributed by atoms with E-state index in [1.165, 1.54) is 32.1 Å². The maximum Gasteiger partial charge on any atom is 0.224 e. The summed E-state index contributed by atoms with van der Waals surface area (Å²) < 4.78 is 0. The molecule has 4 saturated carbocycles. The molecule has 2 aromatic rings. The smallest absolute Gasteiger partial charge is 0.224 e. The minimum atomic E-state index is 0.293. The number of hydrogen-bond acceptors (Lipinski definition) is 6. The molecule has 31 heavy (non-hydrogen) atoms. The summed E-state index contributed by atoms with van der Waals surface area (Å²) in [6.07, 6.45) is 8.65. The zero-order valence-electron chi connectivity index (χ0n) is 17.6.